The van der Waals surface area contributed by atoms with E-state index in [0.29, 0.717) is 17.1 Å². The number of rotatable bonds is 4. The molecule has 0 aliphatic carbocycles. The Kier molecular flexibility index (Phi) is 4.17. The van der Waals surface area contributed by atoms with Crippen LogP contribution in [-0.4, -0.2) is 39.9 Å². The summed E-state index contributed by atoms with van der Waals surface area (Å²) < 4.78 is 1.82. The van der Waals surface area contributed by atoms with Gasteiger partial charge < -0.3 is 5.32 Å². The van der Waals surface area contributed by atoms with Gasteiger partial charge in [0.1, 0.15) is 5.69 Å². The highest BCUT2D eigenvalue weighted by atomic mass is 35.5. The lowest BCUT2D eigenvalue weighted by atomic mass is 10.2. The summed E-state index contributed by atoms with van der Waals surface area (Å²) in [6.45, 7) is 6.71. The van der Waals surface area contributed by atoms with Crippen molar-refractivity contribution in [3.8, 4) is 5.69 Å². The fourth-order valence-corrected chi connectivity index (χ4v) is 3.12. The molecule has 4 nitrogen and oxygen atoms in total. The van der Waals surface area contributed by atoms with Crippen LogP contribution in [0.25, 0.3) is 5.69 Å². The van der Waals surface area contributed by atoms with E-state index in [1.807, 2.05) is 29.1 Å². The molecule has 5 heteroatoms. The molecule has 2 aromatic rings. The lowest BCUT2D eigenvalue weighted by Crippen LogP contribution is -2.31. The van der Waals surface area contributed by atoms with Crippen LogP contribution < -0.4 is 5.32 Å². The molecule has 1 atom stereocenters. The van der Waals surface area contributed by atoms with Gasteiger partial charge in [0.25, 0.3) is 0 Å². The topological polar surface area (TPSA) is 33.1 Å². The highest BCUT2D eigenvalue weighted by molar-refractivity contribution is 6.33. The second-order valence-corrected chi connectivity index (χ2v) is 6.21. The molecule has 1 aromatic heterocycles. The average molecular weight is 305 g/mol. The van der Waals surface area contributed by atoms with Gasteiger partial charge in [0, 0.05) is 37.6 Å². The number of hydrogen-bond acceptors (Lipinski definition) is 3. The standard InChI is InChI=1S/C16H21ClN4/c1-12(2)20-10-7-13(11-20)19-15-6-3-5-14(17)16(15)21-9-4-8-18-21/h3-6,8-9,12-13,19H,7,10-11H2,1-2H3. The first-order valence-corrected chi connectivity index (χ1v) is 7.82. The summed E-state index contributed by atoms with van der Waals surface area (Å²) >= 11 is 6.37. The predicted octanol–water partition coefficient (Wildman–Crippen LogP) is 3.42. The highest BCUT2D eigenvalue weighted by Crippen LogP contribution is 2.29. The lowest BCUT2D eigenvalue weighted by molar-refractivity contribution is 0.274. The van der Waals surface area contributed by atoms with Crippen LogP contribution in [0.4, 0.5) is 5.69 Å². The van der Waals surface area contributed by atoms with Crippen molar-refractivity contribution in [2.24, 2.45) is 0 Å². The molecule has 2 heterocycles. The fraction of sp³-hybridized carbons (Fsp3) is 0.438. The molecule has 112 valence electrons. The van der Waals surface area contributed by atoms with Crippen molar-refractivity contribution in [2.75, 3.05) is 18.4 Å². The van der Waals surface area contributed by atoms with Gasteiger partial charge in [-0.1, -0.05) is 17.7 Å². The molecule has 3 rings (SSSR count). The van der Waals surface area contributed by atoms with Crippen LogP contribution in [0.5, 0.6) is 0 Å². The van der Waals surface area contributed by atoms with E-state index in [0.717, 1.165) is 30.9 Å². The van der Waals surface area contributed by atoms with Crippen LogP contribution in [0.2, 0.25) is 5.02 Å². The van der Waals surface area contributed by atoms with Crippen molar-refractivity contribution in [1.82, 2.24) is 14.7 Å². The predicted molar refractivity (Wildman–Crippen MR) is 87.3 cm³/mol. The summed E-state index contributed by atoms with van der Waals surface area (Å²) in [5.74, 6) is 0. The third-order valence-corrected chi connectivity index (χ3v) is 4.33. The van der Waals surface area contributed by atoms with Gasteiger partial charge in [0.05, 0.1) is 10.7 Å². The molecule has 1 aromatic carbocycles. The number of benzene rings is 1. The molecule has 21 heavy (non-hydrogen) atoms. The molecular formula is C16H21ClN4. The Morgan fingerprint density at radius 3 is 2.86 bits per heavy atom. The first-order valence-electron chi connectivity index (χ1n) is 7.44. The number of nitrogens with zero attached hydrogens (tertiary/aromatic N) is 3. The van der Waals surface area contributed by atoms with Crippen molar-refractivity contribution in [1.29, 1.82) is 0 Å². The van der Waals surface area contributed by atoms with Gasteiger partial charge in [-0.25, -0.2) is 4.68 Å². The maximum Gasteiger partial charge on any atom is 0.106 e. The van der Waals surface area contributed by atoms with Crippen molar-refractivity contribution >= 4 is 17.3 Å². The first kappa shape index (κ1) is 14.4. The molecule has 1 aliphatic heterocycles. The molecule has 0 spiro atoms. The summed E-state index contributed by atoms with van der Waals surface area (Å²) in [4.78, 5) is 2.50. The Hall–Kier alpha value is -1.52. The van der Waals surface area contributed by atoms with Gasteiger partial charge in [-0.05, 0) is 38.5 Å². The zero-order chi connectivity index (χ0) is 14.8. The zero-order valence-corrected chi connectivity index (χ0v) is 13.2. The number of aromatic nitrogens is 2. The monoisotopic (exact) mass is 304 g/mol. The smallest absolute Gasteiger partial charge is 0.106 e. The van der Waals surface area contributed by atoms with Crippen LogP contribution in [-0.2, 0) is 0 Å². The Morgan fingerprint density at radius 2 is 2.19 bits per heavy atom. The maximum absolute atomic E-state index is 6.37. The van der Waals surface area contributed by atoms with Crippen LogP contribution in [0.15, 0.2) is 36.7 Å². The second kappa shape index (κ2) is 6.08. The zero-order valence-electron chi connectivity index (χ0n) is 12.5. The van der Waals surface area contributed by atoms with Gasteiger partial charge in [-0.2, -0.15) is 5.10 Å². The third-order valence-electron chi connectivity index (χ3n) is 4.03. The summed E-state index contributed by atoms with van der Waals surface area (Å²) in [5, 5.41) is 8.65. The average Bonchev–Trinajstić information content (AvgIpc) is 3.10. The molecule has 0 bridgehead atoms. The first-order chi connectivity index (χ1) is 10.1. The van der Waals surface area contributed by atoms with Gasteiger partial charge in [0.2, 0.25) is 0 Å². The SMILES string of the molecule is CC(C)N1CCC(Nc2cccc(Cl)c2-n2cccn2)C1. The van der Waals surface area contributed by atoms with Crippen LogP contribution >= 0.6 is 11.6 Å². The fourth-order valence-electron chi connectivity index (χ4n) is 2.86. The Labute approximate surface area is 130 Å². The summed E-state index contributed by atoms with van der Waals surface area (Å²) in [6.07, 6.45) is 4.84. The lowest BCUT2D eigenvalue weighted by Gasteiger charge is -2.22. The summed E-state index contributed by atoms with van der Waals surface area (Å²) in [5.41, 5.74) is 1.97. The molecule has 0 amide bonds. The van der Waals surface area contributed by atoms with E-state index >= 15 is 0 Å². The van der Waals surface area contributed by atoms with Crippen molar-refractivity contribution in [2.45, 2.75) is 32.4 Å². The minimum Gasteiger partial charge on any atom is -0.379 e. The van der Waals surface area contributed by atoms with Gasteiger partial charge in [-0.15, -0.1) is 0 Å². The number of para-hydroxylation sites is 1. The van der Waals surface area contributed by atoms with Crippen molar-refractivity contribution in [3.63, 3.8) is 0 Å². The Bertz CT molecular complexity index is 594. The quantitative estimate of drug-likeness (QED) is 0.939. The third kappa shape index (κ3) is 3.06. The molecule has 1 fully saturated rings. The summed E-state index contributed by atoms with van der Waals surface area (Å²) in [7, 11) is 0. The number of halogens is 1. The Morgan fingerprint density at radius 1 is 1.33 bits per heavy atom. The van der Waals surface area contributed by atoms with Gasteiger partial charge in [-0.3, -0.25) is 4.90 Å². The van der Waals surface area contributed by atoms with E-state index in [2.05, 4.69) is 35.2 Å². The van der Waals surface area contributed by atoms with Gasteiger partial charge >= 0.3 is 0 Å². The largest absolute Gasteiger partial charge is 0.379 e. The van der Waals surface area contributed by atoms with E-state index in [1.165, 1.54) is 0 Å². The number of anilines is 1. The molecule has 0 saturated carbocycles. The van der Waals surface area contributed by atoms with E-state index < -0.39 is 0 Å². The molecule has 1 unspecified atom stereocenters. The molecule has 1 saturated heterocycles. The number of nitrogens with one attached hydrogen (secondary N) is 1. The summed E-state index contributed by atoms with van der Waals surface area (Å²) in [6, 6.07) is 8.91. The normalized spacial score (nSPS) is 19.3. The molecular weight excluding hydrogens is 284 g/mol. The van der Waals surface area contributed by atoms with Crippen LogP contribution in [0.1, 0.15) is 20.3 Å². The molecule has 1 aliphatic rings. The van der Waals surface area contributed by atoms with Crippen LogP contribution in [0, 0.1) is 0 Å². The maximum atomic E-state index is 6.37. The molecule has 0 radical (unpaired) electrons. The van der Waals surface area contributed by atoms with E-state index in [1.54, 1.807) is 6.20 Å². The van der Waals surface area contributed by atoms with Crippen molar-refractivity contribution in [3.05, 3.63) is 41.7 Å². The van der Waals surface area contributed by atoms with Crippen molar-refractivity contribution < 1.29 is 0 Å². The molecule has 1 N–H and O–H groups in total. The highest BCUT2D eigenvalue weighted by Gasteiger charge is 2.25. The van der Waals surface area contributed by atoms with Crippen LogP contribution in [0.3, 0.4) is 0 Å². The van der Waals surface area contributed by atoms with E-state index in [-0.39, 0.29) is 0 Å². The number of hydrogen-bond donors (Lipinski definition) is 1. The minimum atomic E-state index is 0.458. The number of likely N-dealkylation sites (tertiary alicyclic amines) is 1. The second-order valence-electron chi connectivity index (χ2n) is 5.81. The minimum absolute atomic E-state index is 0.458. The Balaban J connectivity index is 1.82. The van der Waals surface area contributed by atoms with E-state index in [9.17, 15) is 0 Å². The van der Waals surface area contributed by atoms with E-state index in [4.69, 9.17) is 11.6 Å². The van der Waals surface area contributed by atoms with Gasteiger partial charge in [0.15, 0.2) is 0 Å².